The fourth-order valence-corrected chi connectivity index (χ4v) is 4.17. The lowest BCUT2D eigenvalue weighted by atomic mass is 9.66. The van der Waals surface area contributed by atoms with E-state index in [1.165, 1.54) is 37.0 Å². The molecule has 3 heteroatoms. The first-order valence-electron chi connectivity index (χ1n) is 8.11. The van der Waals surface area contributed by atoms with Crippen molar-refractivity contribution in [3.05, 3.63) is 16.6 Å². The molecular weight excluding hydrogens is 264 g/mol. The van der Waals surface area contributed by atoms with Crippen molar-refractivity contribution in [2.45, 2.75) is 65.8 Å². The van der Waals surface area contributed by atoms with Gasteiger partial charge < -0.3 is 5.32 Å². The van der Waals surface area contributed by atoms with Crippen LogP contribution >= 0.6 is 11.3 Å². The second-order valence-electron chi connectivity index (χ2n) is 7.37. The lowest BCUT2D eigenvalue weighted by Crippen LogP contribution is -2.44. The third-order valence-corrected chi connectivity index (χ3v) is 5.61. The number of nitrogens with one attached hydrogen (secondary N) is 1. The van der Waals surface area contributed by atoms with Crippen LogP contribution in [-0.4, -0.2) is 17.6 Å². The van der Waals surface area contributed by atoms with Crippen LogP contribution in [-0.2, 0) is 6.42 Å². The summed E-state index contributed by atoms with van der Waals surface area (Å²) in [6.45, 7) is 10.6. The molecule has 1 aromatic rings. The average Bonchev–Trinajstić information content (AvgIpc) is 2.89. The van der Waals surface area contributed by atoms with E-state index in [1.807, 2.05) is 16.8 Å². The van der Waals surface area contributed by atoms with E-state index in [9.17, 15) is 0 Å². The smallest absolute Gasteiger partial charge is 0.0794 e. The summed E-state index contributed by atoms with van der Waals surface area (Å²) in [5.74, 6) is 1.64. The van der Waals surface area contributed by atoms with E-state index in [1.54, 1.807) is 0 Å². The fourth-order valence-electron chi connectivity index (χ4n) is 3.48. The van der Waals surface area contributed by atoms with Gasteiger partial charge >= 0.3 is 0 Å². The summed E-state index contributed by atoms with van der Waals surface area (Å²) in [6, 6.07) is 0.704. The van der Waals surface area contributed by atoms with Crippen molar-refractivity contribution in [1.29, 1.82) is 0 Å². The predicted octanol–water partition coefficient (Wildman–Crippen LogP) is 4.52. The lowest BCUT2D eigenvalue weighted by molar-refractivity contribution is 0.114. The van der Waals surface area contributed by atoms with Gasteiger partial charge in [0.1, 0.15) is 0 Å². The first-order valence-corrected chi connectivity index (χ1v) is 8.99. The molecule has 114 valence electrons. The zero-order chi connectivity index (χ0) is 14.6. The molecular formula is C17H30N2S. The molecule has 3 atom stereocenters. The van der Waals surface area contributed by atoms with E-state index >= 15 is 0 Å². The van der Waals surface area contributed by atoms with Crippen LogP contribution in [0.25, 0.3) is 0 Å². The standard InChI is InChI=1S/C17H30N2S/c1-5-8-19-16-7-6-14(17(2,3)4)9-13(16)10-15-11-18-12-20-15/h11-14,16,19H,5-10H2,1-4H3. The van der Waals surface area contributed by atoms with E-state index in [4.69, 9.17) is 0 Å². The minimum atomic E-state index is 0.446. The van der Waals surface area contributed by atoms with Crippen LogP contribution in [0, 0.1) is 17.3 Å². The molecule has 1 heterocycles. The number of thiazole rings is 1. The highest BCUT2D eigenvalue weighted by molar-refractivity contribution is 7.09. The van der Waals surface area contributed by atoms with Gasteiger partial charge in [-0.15, -0.1) is 11.3 Å². The van der Waals surface area contributed by atoms with Gasteiger partial charge in [0.2, 0.25) is 0 Å². The maximum atomic E-state index is 4.24. The highest BCUT2D eigenvalue weighted by atomic mass is 32.1. The highest BCUT2D eigenvalue weighted by Crippen LogP contribution is 2.41. The van der Waals surface area contributed by atoms with Gasteiger partial charge in [0, 0.05) is 17.1 Å². The van der Waals surface area contributed by atoms with Gasteiger partial charge in [0.25, 0.3) is 0 Å². The molecule has 1 saturated carbocycles. The molecule has 0 spiro atoms. The zero-order valence-corrected chi connectivity index (χ0v) is 14.3. The lowest BCUT2D eigenvalue weighted by Gasteiger charge is -2.42. The second-order valence-corrected chi connectivity index (χ2v) is 8.34. The van der Waals surface area contributed by atoms with E-state index < -0.39 is 0 Å². The average molecular weight is 295 g/mol. The van der Waals surface area contributed by atoms with Crippen LogP contribution < -0.4 is 5.32 Å². The predicted molar refractivity (Wildman–Crippen MR) is 88.2 cm³/mol. The molecule has 0 amide bonds. The van der Waals surface area contributed by atoms with Gasteiger partial charge in [-0.2, -0.15) is 0 Å². The van der Waals surface area contributed by atoms with Gasteiger partial charge in [0.05, 0.1) is 5.51 Å². The number of nitrogens with zero attached hydrogens (tertiary/aromatic N) is 1. The summed E-state index contributed by atoms with van der Waals surface area (Å²) in [4.78, 5) is 5.69. The van der Waals surface area contributed by atoms with E-state index in [0.717, 1.165) is 18.4 Å². The first-order chi connectivity index (χ1) is 9.50. The molecule has 1 aliphatic rings. The fraction of sp³-hybridized carbons (Fsp3) is 0.824. The normalized spacial score (nSPS) is 27.7. The summed E-state index contributed by atoms with van der Waals surface area (Å²) in [6.07, 6.45) is 8.58. The first kappa shape index (κ1) is 16.0. The Balaban J connectivity index is 2.02. The Kier molecular flexibility index (Phi) is 5.62. The van der Waals surface area contributed by atoms with Crippen LogP contribution in [0.3, 0.4) is 0 Å². The SMILES string of the molecule is CCCNC1CCC(C(C)(C)C)CC1Cc1cncs1. The van der Waals surface area contributed by atoms with Gasteiger partial charge in [-0.3, -0.25) is 4.98 Å². The minimum absolute atomic E-state index is 0.446. The third-order valence-electron chi connectivity index (χ3n) is 4.81. The molecule has 1 fully saturated rings. The molecule has 3 unspecified atom stereocenters. The van der Waals surface area contributed by atoms with Gasteiger partial charge in [-0.25, -0.2) is 0 Å². The minimum Gasteiger partial charge on any atom is -0.314 e. The largest absolute Gasteiger partial charge is 0.314 e. The Hall–Kier alpha value is -0.410. The highest BCUT2D eigenvalue weighted by Gasteiger charge is 2.35. The van der Waals surface area contributed by atoms with Crippen molar-refractivity contribution in [2.24, 2.45) is 17.3 Å². The Morgan fingerprint density at radius 1 is 1.35 bits per heavy atom. The topological polar surface area (TPSA) is 24.9 Å². The molecule has 0 bridgehead atoms. The molecule has 0 radical (unpaired) electrons. The zero-order valence-electron chi connectivity index (χ0n) is 13.5. The van der Waals surface area contributed by atoms with Crippen molar-refractivity contribution >= 4 is 11.3 Å². The Labute approximate surface area is 128 Å². The molecule has 0 saturated heterocycles. The van der Waals surface area contributed by atoms with Gasteiger partial charge in [0.15, 0.2) is 0 Å². The Bertz CT molecular complexity index is 380. The van der Waals surface area contributed by atoms with Crippen LogP contribution in [0.5, 0.6) is 0 Å². The van der Waals surface area contributed by atoms with E-state index in [-0.39, 0.29) is 0 Å². The molecule has 1 aliphatic carbocycles. The number of hydrogen-bond donors (Lipinski definition) is 1. The van der Waals surface area contributed by atoms with Crippen molar-refractivity contribution in [2.75, 3.05) is 6.54 Å². The maximum Gasteiger partial charge on any atom is 0.0794 e. The molecule has 2 nitrogen and oxygen atoms in total. The number of rotatable bonds is 5. The maximum absolute atomic E-state index is 4.24. The summed E-state index contributed by atoms with van der Waals surface area (Å²) in [5.41, 5.74) is 2.41. The summed E-state index contributed by atoms with van der Waals surface area (Å²) >= 11 is 1.81. The number of aromatic nitrogens is 1. The summed E-state index contributed by atoms with van der Waals surface area (Å²) < 4.78 is 0. The third kappa shape index (κ3) is 4.29. The van der Waals surface area contributed by atoms with Crippen LogP contribution in [0.1, 0.15) is 58.3 Å². The van der Waals surface area contributed by atoms with Crippen molar-refractivity contribution in [3.63, 3.8) is 0 Å². The second kappa shape index (κ2) is 7.04. The van der Waals surface area contributed by atoms with Gasteiger partial charge in [-0.05, 0) is 55.9 Å². The Morgan fingerprint density at radius 3 is 2.75 bits per heavy atom. The molecule has 0 aliphatic heterocycles. The molecule has 1 aromatic heterocycles. The van der Waals surface area contributed by atoms with Crippen molar-refractivity contribution in [3.8, 4) is 0 Å². The molecule has 2 rings (SSSR count). The number of hydrogen-bond acceptors (Lipinski definition) is 3. The molecule has 0 aromatic carbocycles. The van der Waals surface area contributed by atoms with Crippen molar-refractivity contribution in [1.82, 2.24) is 10.3 Å². The Morgan fingerprint density at radius 2 is 2.15 bits per heavy atom. The van der Waals surface area contributed by atoms with E-state index in [2.05, 4.69) is 44.2 Å². The van der Waals surface area contributed by atoms with Crippen LogP contribution in [0.15, 0.2) is 11.7 Å². The molecule has 1 N–H and O–H groups in total. The van der Waals surface area contributed by atoms with Crippen molar-refractivity contribution < 1.29 is 0 Å². The summed E-state index contributed by atoms with van der Waals surface area (Å²) in [5, 5.41) is 3.79. The summed E-state index contributed by atoms with van der Waals surface area (Å²) in [7, 11) is 0. The van der Waals surface area contributed by atoms with Gasteiger partial charge in [-0.1, -0.05) is 27.7 Å². The van der Waals surface area contributed by atoms with Crippen LogP contribution in [0.2, 0.25) is 0 Å². The quantitative estimate of drug-likeness (QED) is 0.864. The van der Waals surface area contributed by atoms with Crippen LogP contribution in [0.4, 0.5) is 0 Å². The molecule has 20 heavy (non-hydrogen) atoms. The monoisotopic (exact) mass is 294 g/mol. The van der Waals surface area contributed by atoms with E-state index in [0.29, 0.717) is 11.5 Å².